The molecule has 1 saturated heterocycles. The first-order chi connectivity index (χ1) is 9.13. The van der Waals surface area contributed by atoms with E-state index in [0.717, 1.165) is 0 Å². The molecule has 0 spiro atoms. The van der Waals surface area contributed by atoms with Gasteiger partial charge in [-0.15, -0.1) is 0 Å². The molecule has 1 fully saturated rings. The van der Waals surface area contributed by atoms with Crippen molar-refractivity contribution in [1.82, 2.24) is 19.5 Å². The molecule has 0 saturated carbocycles. The van der Waals surface area contributed by atoms with Gasteiger partial charge in [0, 0.05) is 0 Å². The molecule has 2 aromatic heterocycles. The number of nitrogens with zero attached hydrogens (tertiary/aromatic N) is 4. The van der Waals surface area contributed by atoms with Crippen LogP contribution in [0, 0.1) is 0 Å². The summed E-state index contributed by atoms with van der Waals surface area (Å²) in [5.74, 6) is 0.218. The number of nitrogen functional groups attached to an aromatic ring is 1. The highest BCUT2D eigenvalue weighted by molar-refractivity contribution is 5.81. The second-order valence-corrected chi connectivity index (χ2v) is 4.31. The molecular weight excluding hydrogens is 254 g/mol. The SMILES string of the molecule is Nc1ncnc2c1ncn2C1OC(CO)[C@H](O)C1O. The van der Waals surface area contributed by atoms with Crippen molar-refractivity contribution in [3.05, 3.63) is 12.7 Å². The summed E-state index contributed by atoms with van der Waals surface area (Å²) in [6.07, 6.45) is -1.42. The van der Waals surface area contributed by atoms with Gasteiger partial charge in [-0.2, -0.15) is 0 Å². The molecule has 0 amide bonds. The molecule has 3 unspecified atom stereocenters. The van der Waals surface area contributed by atoms with E-state index in [1.165, 1.54) is 17.2 Å². The summed E-state index contributed by atoms with van der Waals surface area (Å²) in [5, 5.41) is 28.7. The predicted octanol–water partition coefficient (Wildman–Crippen LogP) is -1.98. The van der Waals surface area contributed by atoms with Crippen LogP contribution in [0.1, 0.15) is 6.23 Å². The first-order valence-corrected chi connectivity index (χ1v) is 5.69. The first kappa shape index (κ1) is 12.2. The monoisotopic (exact) mass is 267 g/mol. The molecule has 3 heterocycles. The van der Waals surface area contributed by atoms with E-state index in [9.17, 15) is 10.2 Å². The van der Waals surface area contributed by atoms with Gasteiger partial charge in [0.1, 0.15) is 30.2 Å². The number of hydrogen-bond donors (Lipinski definition) is 4. The molecule has 19 heavy (non-hydrogen) atoms. The summed E-state index contributed by atoms with van der Waals surface area (Å²) in [6, 6.07) is 0. The molecule has 1 aliphatic rings. The van der Waals surface area contributed by atoms with Gasteiger partial charge in [0.25, 0.3) is 0 Å². The molecule has 0 radical (unpaired) electrons. The Morgan fingerprint density at radius 2 is 2.05 bits per heavy atom. The fourth-order valence-electron chi connectivity index (χ4n) is 2.17. The Morgan fingerprint density at radius 3 is 2.74 bits per heavy atom. The van der Waals surface area contributed by atoms with Crippen molar-refractivity contribution in [3.8, 4) is 0 Å². The maximum atomic E-state index is 9.95. The van der Waals surface area contributed by atoms with E-state index in [1.54, 1.807) is 0 Å². The Balaban J connectivity index is 2.04. The molecule has 0 aromatic carbocycles. The van der Waals surface area contributed by atoms with E-state index in [1.807, 2.05) is 0 Å². The van der Waals surface area contributed by atoms with E-state index in [0.29, 0.717) is 11.2 Å². The molecule has 2 aromatic rings. The van der Waals surface area contributed by atoms with Crippen molar-refractivity contribution in [2.45, 2.75) is 24.5 Å². The number of aromatic nitrogens is 4. The highest BCUT2D eigenvalue weighted by Gasteiger charge is 2.43. The number of hydrogen-bond acceptors (Lipinski definition) is 8. The summed E-state index contributed by atoms with van der Waals surface area (Å²) < 4.78 is 6.85. The lowest BCUT2D eigenvalue weighted by Crippen LogP contribution is -2.33. The highest BCUT2D eigenvalue weighted by Crippen LogP contribution is 2.31. The lowest BCUT2D eigenvalue weighted by molar-refractivity contribution is -0.0511. The van der Waals surface area contributed by atoms with Crippen LogP contribution >= 0.6 is 0 Å². The van der Waals surface area contributed by atoms with Gasteiger partial charge in [-0.1, -0.05) is 0 Å². The normalized spacial score (nSPS) is 31.1. The van der Waals surface area contributed by atoms with Gasteiger partial charge >= 0.3 is 0 Å². The smallest absolute Gasteiger partial charge is 0.167 e. The van der Waals surface area contributed by atoms with Gasteiger partial charge in [0.05, 0.1) is 12.9 Å². The van der Waals surface area contributed by atoms with Crippen LogP contribution in [-0.2, 0) is 4.74 Å². The average molecular weight is 267 g/mol. The van der Waals surface area contributed by atoms with Crippen LogP contribution in [-0.4, -0.2) is 59.8 Å². The number of fused-ring (bicyclic) bond motifs is 1. The zero-order chi connectivity index (χ0) is 13.6. The first-order valence-electron chi connectivity index (χ1n) is 5.69. The van der Waals surface area contributed by atoms with Crippen LogP contribution in [0.5, 0.6) is 0 Å². The van der Waals surface area contributed by atoms with E-state index in [-0.39, 0.29) is 5.82 Å². The van der Waals surface area contributed by atoms with Gasteiger partial charge in [0.15, 0.2) is 17.7 Å². The van der Waals surface area contributed by atoms with E-state index in [2.05, 4.69) is 15.0 Å². The summed E-state index contributed by atoms with van der Waals surface area (Å²) in [5.41, 5.74) is 6.44. The molecular formula is C10H13N5O4. The molecule has 5 N–H and O–H groups in total. The van der Waals surface area contributed by atoms with Crippen LogP contribution in [0.15, 0.2) is 12.7 Å². The third kappa shape index (κ3) is 1.75. The number of imidazole rings is 1. The van der Waals surface area contributed by atoms with Gasteiger partial charge < -0.3 is 25.8 Å². The molecule has 102 valence electrons. The number of aliphatic hydroxyl groups is 3. The highest BCUT2D eigenvalue weighted by atomic mass is 16.6. The van der Waals surface area contributed by atoms with E-state index in [4.69, 9.17) is 15.6 Å². The minimum absolute atomic E-state index is 0.218. The van der Waals surface area contributed by atoms with Crippen LogP contribution in [0.3, 0.4) is 0 Å². The number of ether oxygens (including phenoxy) is 1. The molecule has 9 heteroatoms. The molecule has 4 atom stereocenters. The van der Waals surface area contributed by atoms with Crippen molar-refractivity contribution in [3.63, 3.8) is 0 Å². The van der Waals surface area contributed by atoms with Crippen molar-refractivity contribution >= 4 is 17.0 Å². The van der Waals surface area contributed by atoms with Crippen LogP contribution < -0.4 is 5.73 Å². The van der Waals surface area contributed by atoms with E-state index >= 15 is 0 Å². The van der Waals surface area contributed by atoms with Gasteiger partial charge in [-0.25, -0.2) is 15.0 Å². The van der Waals surface area contributed by atoms with Gasteiger partial charge in [0.2, 0.25) is 0 Å². The van der Waals surface area contributed by atoms with Crippen LogP contribution in [0.4, 0.5) is 5.82 Å². The number of nitrogens with two attached hydrogens (primary N) is 1. The van der Waals surface area contributed by atoms with Crippen LogP contribution in [0.25, 0.3) is 11.2 Å². The minimum atomic E-state index is -1.19. The van der Waals surface area contributed by atoms with Gasteiger partial charge in [-0.3, -0.25) is 4.57 Å². The largest absolute Gasteiger partial charge is 0.394 e. The number of anilines is 1. The summed E-state index contributed by atoms with van der Waals surface area (Å²) in [4.78, 5) is 11.9. The Morgan fingerprint density at radius 1 is 1.26 bits per heavy atom. The lowest BCUT2D eigenvalue weighted by Gasteiger charge is -2.16. The second-order valence-electron chi connectivity index (χ2n) is 4.31. The zero-order valence-corrected chi connectivity index (χ0v) is 9.79. The third-order valence-electron chi connectivity index (χ3n) is 3.18. The van der Waals surface area contributed by atoms with Gasteiger partial charge in [-0.05, 0) is 0 Å². The quantitative estimate of drug-likeness (QED) is 0.491. The maximum Gasteiger partial charge on any atom is 0.167 e. The fourth-order valence-corrected chi connectivity index (χ4v) is 2.17. The van der Waals surface area contributed by atoms with Crippen molar-refractivity contribution in [2.24, 2.45) is 0 Å². The summed E-state index contributed by atoms with van der Waals surface area (Å²) in [6.45, 7) is -0.390. The maximum absolute atomic E-state index is 9.95. The fraction of sp³-hybridized carbons (Fsp3) is 0.500. The molecule has 0 bridgehead atoms. The molecule has 0 aliphatic carbocycles. The topological polar surface area (TPSA) is 140 Å². The number of aliphatic hydroxyl groups excluding tert-OH is 3. The molecule has 1 aliphatic heterocycles. The Bertz CT molecular complexity index is 603. The Hall–Kier alpha value is -1.81. The third-order valence-corrected chi connectivity index (χ3v) is 3.18. The minimum Gasteiger partial charge on any atom is -0.394 e. The second kappa shape index (κ2) is 4.38. The van der Waals surface area contributed by atoms with E-state index < -0.39 is 31.1 Å². The summed E-state index contributed by atoms with van der Waals surface area (Å²) in [7, 11) is 0. The Labute approximate surface area is 107 Å². The van der Waals surface area contributed by atoms with Crippen molar-refractivity contribution in [1.29, 1.82) is 0 Å². The molecule has 3 rings (SSSR count). The predicted molar refractivity (Wildman–Crippen MR) is 62.7 cm³/mol. The van der Waals surface area contributed by atoms with Crippen molar-refractivity contribution in [2.75, 3.05) is 12.3 Å². The average Bonchev–Trinajstić information content (AvgIpc) is 2.94. The zero-order valence-electron chi connectivity index (χ0n) is 9.79. The number of rotatable bonds is 2. The summed E-state index contributed by atoms with van der Waals surface area (Å²) >= 11 is 0. The van der Waals surface area contributed by atoms with Crippen LogP contribution in [0.2, 0.25) is 0 Å². The lowest BCUT2D eigenvalue weighted by atomic mass is 10.1. The Kier molecular flexibility index (Phi) is 2.82. The standard InChI is InChI=1S/C10H13N5O4/c11-8-5-9(13-2-12-8)15(3-14-5)10-7(18)6(17)4(1-16)19-10/h2-4,6-7,10,16-18H,1H2,(H2,11,12,13)/t4?,6-,7?,10?/m0/s1. The van der Waals surface area contributed by atoms with Crippen molar-refractivity contribution < 1.29 is 20.1 Å². The molecule has 9 nitrogen and oxygen atoms in total.